The number of rotatable bonds is 5. The topological polar surface area (TPSA) is 52.3 Å². The molecule has 0 aliphatic carbocycles. The van der Waals surface area contributed by atoms with Crippen LogP contribution in [0.2, 0.25) is 0 Å². The summed E-state index contributed by atoms with van der Waals surface area (Å²) in [6.07, 6.45) is 1.91. The van der Waals surface area contributed by atoms with Crippen LogP contribution in [0.5, 0.6) is 0 Å². The van der Waals surface area contributed by atoms with Crippen molar-refractivity contribution in [3.05, 3.63) is 45.6 Å². The number of nitrogens with zero attached hydrogens (tertiary/aromatic N) is 1. The van der Waals surface area contributed by atoms with E-state index >= 15 is 0 Å². The molecule has 2 heterocycles. The number of carbonyl (C=O) groups excluding carboxylic acids is 1. The summed E-state index contributed by atoms with van der Waals surface area (Å²) in [5, 5.41) is 1.89. The van der Waals surface area contributed by atoms with Gasteiger partial charge >= 0.3 is 5.97 Å². The summed E-state index contributed by atoms with van der Waals surface area (Å²) in [4.78, 5) is 18.7. The first-order valence-electron chi connectivity index (χ1n) is 7.33. The number of aryl methyl sites for hydroxylation is 2. The molecule has 4 nitrogen and oxygen atoms in total. The van der Waals surface area contributed by atoms with Crippen LogP contribution in [-0.2, 0) is 10.5 Å². The molecule has 0 spiro atoms. The highest BCUT2D eigenvalue weighted by Gasteiger charge is 2.19. The molecule has 3 aromatic rings. The number of benzene rings is 1. The van der Waals surface area contributed by atoms with Gasteiger partial charge in [-0.3, -0.25) is 0 Å². The van der Waals surface area contributed by atoms with Crippen LogP contribution in [0.3, 0.4) is 0 Å². The zero-order valence-electron chi connectivity index (χ0n) is 13.2. The average Bonchev–Trinajstić information content (AvgIpc) is 3.07. The predicted molar refractivity (Wildman–Crippen MR) is 93.3 cm³/mol. The van der Waals surface area contributed by atoms with Gasteiger partial charge in [0.25, 0.3) is 0 Å². The molecule has 3 rings (SSSR count). The standard InChI is InChI=1S/C17H17NO3S2/c1-4-20-17(19)16-10(2)21-15-6-5-12(7-14(15)16)22-9-13-8-18-11(3)23-13/h5-8H,4,9H2,1-3H3. The Morgan fingerprint density at radius 2 is 2.22 bits per heavy atom. The number of thiazole rings is 1. The summed E-state index contributed by atoms with van der Waals surface area (Å²) in [6, 6.07) is 5.92. The molecular weight excluding hydrogens is 330 g/mol. The van der Waals surface area contributed by atoms with Crippen molar-refractivity contribution in [3.63, 3.8) is 0 Å². The van der Waals surface area contributed by atoms with Gasteiger partial charge < -0.3 is 9.15 Å². The highest BCUT2D eigenvalue weighted by Crippen LogP contribution is 2.32. The lowest BCUT2D eigenvalue weighted by Gasteiger charge is -2.02. The SMILES string of the molecule is CCOC(=O)c1c(C)oc2ccc(SCc3cnc(C)s3)cc12. The molecular formula is C17H17NO3S2. The summed E-state index contributed by atoms with van der Waals surface area (Å²) in [5.74, 6) is 1.13. The second-order valence-electron chi connectivity index (χ2n) is 5.05. The summed E-state index contributed by atoms with van der Waals surface area (Å²) < 4.78 is 10.8. The Morgan fingerprint density at radius 1 is 1.39 bits per heavy atom. The Bertz CT molecular complexity index is 851. The number of furan rings is 1. The normalized spacial score (nSPS) is 11.1. The van der Waals surface area contributed by atoms with Crippen molar-refractivity contribution < 1.29 is 13.9 Å². The van der Waals surface area contributed by atoms with Crippen LogP contribution in [0.15, 0.2) is 33.7 Å². The van der Waals surface area contributed by atoms with Crippen molar-refractivity contribution in [2.24, 2.45) is 0 Å². The van der Waals surface area contributed by atoms with Crippen LogP contribution < -0.4 is 0 Å². The summed E-state index contributed by atoms with van der Waals surface area (Å²) >= 11 is 3.43. The van der Waals surface area contributed by atoms with Crippen molar-refractivity contribution in [3.8, 4) is 0 Å². The van der Waals surface area contributed by atoms with Gasteiger partial charge in [-0.15, -0.1) is 23.1 Å². The Hall–Kier alpha value is -1.79. The molecule has 0 bridgehead atoms. The fourth-order valence-electron chi connectivity index (χ4n) is 2.37. The fourth-order valence-corrected chi connectivity index (χ4v) is 4.12. The zero-order valence-corrected chi connectivity index (χ0v) is 14.8. The number of thioether (sulfide) groups is 1. The second kappa shape index (κ2) is 6.76. The number of aromatic nitrogens is 1. The van der Waals surface area contributed by atoms with Crippen molar-refractivity contribution in [2.75, 3.05) is 6.61 Å². The van der Waals surface area contributed by atoms with E-state index in [1.807, 2.05) is 31.3 Å². The summed E-state index contributed by atoms with van der Waals surface area (Å²) in [5.41, 5.74) is 1.24. The lowest BCUT2D eigenvalue weighted by Crippen LogP contribution is -2.05. The van der Waals surface area contributed by atoms with E-state index in [1.54, 1.807) is 36.9 Å². The van der Waals surface area contributed by atoms with Crippen LogP contribution in [0.25, 0.3) is 11.0 Å². The van der Waals surface area contributed by atoms with Crippen LogP contribution in [0.1, 0.15) is 32.9 Å². The van der Waals surface area contributed by atoms with Gasteiger partial charge in [0.15, 0.2) is 0 Å². The van der Waals surface area contributed by atoms with Gasteiger partial charge in [-0.2, -0.15) is 0 Å². The van der Waals surface area contributed by atoms with Gasteiger partial charge in [0, 0.05) is 27.1 Å². The van der Waals surface area contributed by atoms with Crippen LogP contribution >= 0.6 is 23.1 Å². The minimum Gasteiger partial charge on any atom is -0.462 e. The number of hydrogen-bond acceptors (Lipinski definition) is 6. The third-order valence-corrected chi connectivity index (χ3v) is 5.50. The van der Waals surface area contributed by atoms with Crippen LogP contribution in [-0.4, -0.2) is 17.6 Å². The molecule has 0 aliphatic rings. The maximum Gasteiger partial charge on any atom is 0.342 e. The first-order valence-corrected chi connectivity index (χ1v) is 9.13. The van der Waals surface area contributed by atoms with Gasteiger partial charge in [0.2, 0.25) is 0 Å². The monoisotopic (exact) mass is 347 g/mol. The highest BCUT2D eigenvalue weighted by molar-refractivity contribution is 7.98. The molecule has 1 aromatic carbocycles. The summed E-state index contributed by atoms with van der Waals surface area (Å²) in [6.45, 7) is 5.95. The van der Waals surface area contributed by atoms with Crippen molar-refractivity contribution >= 4 is 40.0 Å². The quantitative estimate of drug-likeness (QED) is 0.481. The molecule has 0 N–H and O–H groups in total. The molecule has 6 heteroatoms. The van der Waals surface area contributed by atoms with E-state index in [9.17, 15) is 4.79 Å². The van der Waals surface area contributed by atoms with Gasteiger partial charge in [0.1, 0.15) is 16.9 Å². The van der Waals surface area contributed by atoms with E-state index in [2.05, 4.69) is 4.98 Å². The molecule has 0 fully saturated rings. The molecule has 0 saturated carbocycles. The molecule has 0 unspecified atom stereocenters. The van der Waals surface area contributed by atoms with E-state index < -0.39 is 0 Å². The van der Waals surface area contributed by atoms with Crippen molar-refractivity contribution in [1.29, 1.82) is 0 Å². The van der Waals surface area contributed by atoms with E-state index in [1.165, 1.54) is 4.88 Å². The van der Waals surface area contributed by atoms with Gasteiger partial charge in [-0.1, -0.05) is 0 Å². The van der Waals surface area contributed by atoms with Crippen molar-refractivity contribution in [1.82, 2.24) is 4.98 Å². The Balaban J connectivity index is 1.88. The molecule has 2 aromatic heterocycles. The Morgan fingerprint density at radius 3 is 2.91 bits per heavy atom. The lowest BCUT2D eigenvalue weighted by atomic mass is 10.1. The highest BCUT2D eigenvalue weighted by atomic mass is 32.2. The fraction of sp³-hybridized carbons (Fsp3) is 0.294. The number of fused-ring (bicyclic) bond motifs is 1. The van der Waals surface area contributed by atoms with Gasteiger partial charge in [-0.05, 0) is 39.0 Å². The van der Waals surface area contributed by atoms with E-state index in [0.29, 0.717) is 23.5 Å². The van der Waals surface area contributed by atoms with E-state index in [-0.39, 0.29) is 5.97 Å². The Kier molecular flexibility index (Phi) is 4.73. The second-order valence-corrected chi connectivity index (χ2v) is 7.41. The van der Waals surface area contributed by atoms with Crippen LogP contribution in [0, 0.1) is 13.8 Å². The predicted octanol–water partition coefficient (Wildman–Crippen LogP) is 4.98. The van der Waals surface area contributed by atoms with Crippen molar-refractivity contribution in [2.45, 2.75) is 31.4 Å². The first-order chi connectivity index (χ1) is 11.1. The molecule has 0 aliphatic heterocycles. The number of carbonyl (C=O) groups is 1. The first kappa shape index (κ1) is 16.1. The molecule has 23 heavy (non-hydrogen) atoms. The zero-order chi connectivity index (χ0) is 16.4. The number of hydrogen-bond donors (Lipinski definition) is 0. The minimum absolute atomic E-state index is 0.330. The maximum absolute atomic E-state index is 12.1. The molecule has 0 radical (unpaired) electrons. The third-order valence-electron chi connectivity index (χ3n) is 3.37. The smallest absolute Gasteiger partial charge is 0.342 e. The number of esters is 1. The average molecular weight is 347 g/mol. The van der Waals surface area contributed by atoms with Gasteiger partial charge in [-0.25, -0.2) is 9.78 Å². The van der Waals surface area contributed by atoms with Crippen LogP contribution in [0.4, 0.5) is 0 Å². The lowest BCUT2D eigenvalue weighted by molar-refractivity contribution is 0.0526. The summed E-state index contributed by atoms with van der Waals surface area (Å²) in [7, 11) is 0. The maximum atomic E-state index is 12.1. The van der Waals surface area contributed by atoms with E-state index in [0.717, 1.165) is 21.0 Å². The third kappa shape index (κ3) is 3.43. The van der Waals surface area contributed by atoms with E-state index in [4.69, 9.17) is 9.15 Å². The Labute approximate surface area is 142 Å². The molecule has 0 saturated heterocycles. The largest absolute Gasteiger partial charge is 0.462 e. The van der Waals surface area contributed by atoms with Gasteiger partial charge in [0.05, 0.1) is 11.6 Å². The molecule has 0 amide bonds. The molecule has 0 atom stereocenters. The number of ether oxygens (including phenoxy) is 1. The molecule has 120 valence electrons. The minimum atomic E-state index is -0.330.